The molecular weight excluding hydrogens is 255 g/mol. The molecule has 0 saturated heterocycles. The summed E-state index contributed by atoms with van der Waals surface area (Å²) < 4.78 is 23.7. The third-order valence-electron chi connectivity index (χ3n) is 3.16. The summed E-state index contributed by atoms with van der Waals surface area (Å²) in [5.74, 6) is 1.52. The van der Waals surface area contributed by atoms with E-state index in [1.165, 1.54) is 12.1 Å². The van der Waals surface area contributed by atoms with E-state index in [9.17, 15) is 4.39 Å². The molecule has 0 N–H and O–H groups in total. The smallest absolute Gasteiger partial charge is 0.123 e. The van der Waals surface area contributed by atoms with E-state index in [1.807, 2.05) is 37.3 Å². The molecule has 0 bridgehead atoms. The zero-order chi connectivity index (χ0) is 14.4. The van der Waals surface area contributed by atoms with Crippen LogP contribution in [-0.2, 0) is 6.42 Å². The normalized spacial score (nSPS) is 10.3. The van der Waals surface area contributed by atoms with Crippen LogP contribution in [0.3, 0.4) is 0 Å². The molecule has 20 heavy (non-hydrogen) atoms. The molecule has 0 unspecified atom stereocenters. The number of methoxy groups -OCH3 is 1. The van der Waals surface area contributed by atoms with Gasteiger partial charge in [-0.1, -0.05) is 12.1 Å². The molecule has 0 fully saturated rings. The van der Waals surface area contributed by atoms with Gasteiger partial charge in [-0.25, -0.2) is 4.39 Å². The lowest BCUT2D eigenvalue weighted by Crippen LogP contribution is -2.01. The van der Waals surface area contributed by atoms with E-state index in [0.29, 0.717) is 6.61 Å². The Labute approximate surface area is 119 Å². The van der Waals surface area contributed by atoms with Crippen molar-refractivity contribution in [3.63, 3.8) is 0 Å². The summed E-state index contributed by atoms with van der Waals surface area (Å²) >= 11 is 0. The number of aryl methyl sites for hydroxylation is 2. The van der Waals surface area contributed by atoms with Gasteiger partial charge in [0.25, 0.3) is 0 Å². The predicted octanol–water partition coefficient (Wildman–Crippen LogP) is 4.15. The number of halogens is 1. The van der Waals surface area contributed by atoms with Crippen molar-refractivity contribution < 1.29 is 13.9 Å². The maximum atomic E-state index is 12.8. The Balaban J connectivity index is 1.79. The minimum atomic E-state index is -0.196. The summed E-state index contributed by atoms with van der Waals surface area (Å²) in [6, 6.07) is 12.4. The molecule has 0 amide bonds. The number of hydrogen-bond donors (Lipinski definition) is 0. The molecule has 106 valence electrons. The maximum absolute atomic E-state index is 12.8. The van der Waals surface area contributed by atoms with E-state index < -0.39 is 0 Å². The molecule has 0 aliphatic carbocycles. The van der Waals surface area contributed by atoms with Crippen LogP contribution in [0.25, 0.3) is 0 Å². The number of benzene rings is 2. The second-order valence-electron chi connectivity index (χ2n) is 4.71. The molecule has 2 nitrogen and oxygen atoms in total. The molecule has 0 aliphatic rings. The summed E-state index contributed by atoms with van der Waals surface area (Å²) in [7, 11) is 1.65. The Morgan fingerprint density at radius 3 is 2.45 bits per heavy atom. The minimum Gasteiger partial charge on any atom is -0.497 e. The monoisotopic (exact) mass is 274 g/mol. The highest BCUT2D eigenvalue weighted by molar-refractivity contribution is 5.39. The largest absolute Gasteiger partial charge is 0.497 e. The fraction of sp³-hybridized carbons (Fsp3) is 0.294. The van der Waals surface area contributed by atoms with Gasteiger partial charge in [0, 0.05) is 0 Å². The highest BCUT2D eigenvalue weighted by Crippen LogP contribution is 2.23. The first-order chi connectivity index (χ1) is 9.69. The van der Waals surface area contributed by atoms with Crippen LogP contribution in [-0.4, -0.2) is 13.7 Å². The van der Waals surface area contributed by atoms with Crippen molar-refractivity contribution in [2.45, 2.75) is 19.8 Å². The third-order valence-corrected chi connectivity index (χ3v) is 3.16. The van der Waals surface area contributed by atoms with E-state index in [-0.39, 0.29) is 5.82 Å². The van der Waals surface area contributed by atoms with Crippen LogP contribution in [0.15, 0.2) is 42.5 Å². The van der Waals surface area contributed by atoms with E-state index in [1.54, 1.807) is 7.11 Å². The van der Waals surface area contributed by atoms with Crippen molar-refractivity contribution in [3.05, 3.63) is 59.4 Å². The first kappa shape index (κ1) is 14.4. The lowest BCUT2D eigenvalue weighted by atomic mass is 10.1. The second-order valence-corrected chi connectivity index (χ2v) is 4.71. The summed E-state index contributed by atoms with van der Waals surface area (Å²) in [4.78, 5) is 0. The standard InChI is InChI=1S/C17H19FO2/c1-13-12-16(19-2)9-10-17(13)20-11-3-4-14-5-7-15(18)8-6-14/h5-10,12H,3-4,11H2,1-2H3. The number of ether oxygens (including phenoxy) is 2. The first-order valence-corrected chi connectivity index (χ1v) is 6.71. The lowest BCUT2D eigenvalue weighted by Gasteiger charge is -2.10. The van der Waals surface area contributed by atoms with Crippen LogP contribution in [0.4, 0.5) is 4.39 Å². The third kappa shape index (κ3) is 3.98. The summed E-state index contributed by atoms with van der Waals surface area (Å²) in [5.41, 5.74) is 2.19. The van der Waals surface area contributed by atoms with Crippen molar-refractivity contribution in [2.75, 3.05) is 13.7 Å². The van der Waals surface area contributed by atoms with Crippen LogP contribution >= 0.6 is 0 Å². The maximum Gasteiger partial charge on any atom is 0.123 e. The lowest BCUT2D eigenvalue weighted by molar-refractivity contribution is 0.308. The van der Waals surface area contributed by atoms with Gasteiger partial charge in [0.1, 0.15) is 17.3 Å². The molecule has 0 atom stereocenters. The molecule has 0 spiro atoms. The molecule has 3 heteroatoms. The van der Waals surface area contributed by atoms with E-state index >= 15 is 0 Å². The highest BCUT2D eigenvalue weighted by Gasteiger charge is 2.01. The molecular formula is C17H19FO2. The average molecular weight is 274 g/mol. The Kier molecular flexibility index (Phi) is 4.99. The average Bonchev–Trinajstić information content (AvgIpc) is 2.46. The topological polar surface area (TPSA) is 18.5 Å². The SMILES string of the molecule is COc1ccc(OCCCc2ccc(F)cc2)c(C)c1. The molecule has 2 aromatic carbocycles. The fourth-order valence-electron chi connectivity index (χ4n) is 2.02. The van der Waals surface area contributed by atoms with Gasteiger partial charge >= 0.3 is 0 Å². The van der Waals surface area contributed by atoms with Crippen molar-refractivity contribution >= 4 is 0 Å². The summed E-state index contributed by atoms with van der Waals surface area (Å²) in [5, 5.41) is 0. The van der Waals surface area contributed by atoms with Crippen LogP contribution in [0, 0.1) is 12.7 Å². The molecule has 0 radical (unpaired) electrons. The first-order valence-electron chi connectivity index (χ1n) is 6.71. The van der Waals surface area contributed by atoms with Crippen LogP contribution < -0.4 is 9.47 Å². The molecule has 2 aromatic rings. The van der Waals surface area contributed by atoms with Gasteiger partial charge in [0.05, 0.1) is 13.7 Å². The zero-order valence-electron chi connectivity index (χ0n) is 11.9. The predicted molar refractivity (Wildman–Crippen MR) is 77.9 cm³/mol. The van der Waals surface area contributed by atoms with Gasteiger partial charge in [-0.2, -0.15) is 0 Å². The van der Waals surface area contributed by atoms with Crippen molar-refractivity contribution in [1.82, 2.24) is 0 Å². The Morgan fingerprint density at radius 1 is 1.05 bits per heavy atom. The van der Waals surface area contributed by atoms with Gasteiger partial charge in [0.15, 0.2) is 0 Å². The highest BCUT2D eigenvalue weighted by atomic mass is 19.1. The van der Waals surface area contributed by atoms with Gasteiger partial charge < -0.3 is 9.47 Å². The van der Waals surface area contributed by atoms with Crippen molar-refractivity contribution in [1.29, 1.82) is 0 Å². The molecule has 0 aromatic heterocycles. The quantitative estimate of drug-likeness (QED) is 0.737. The van der Waals surface area contributed by atoms with Crippen LogP contribution in [0.5, 0.6) is 11.5 Å². The molecule has 0 heterocycles. The van der Waals surface area contributed by atoms with Gasteiger partial charge in [-0.05, 0) is 61.2 Å². The van der Waals surface area contributed by atoms with E-state index in [4.69, 9.17) is 9.47 Å². The van der Waals surface area contributed by atoms with E-state index in [2.05, 4.69) is 0 Å². The van der Waals surface area contributed by atoms with Gasteiger partial charge in [-0.15, -0.1) is 0 Å². The second kappa shape index (κ2) is 6.94. The Morgan fingerprint density at radius 2 is 1.80 bits per heavy atom. The summed E-state index contributed by atoms with van der Waals surface area (Å²) in [6.45, 7) is 2.64. The summed E-state index contributed by atoms with van der Waals surface area (Å²) in [6.07, 6.45) is 1.78. The van der Waals surface area contributed by atoms with Crippen molar-refractivity contribution in [2.24, 2.45) is 0 Å². The van der Waals surface area contributed by atoms with Gasteiger partial charge in [0.2, 0.25) is 0 Å². The Bertz CT molecular complexity index is 549. The Hall–Kier alpha value is -2.03. The van der Waals surface area contributed by atoms with Crippen LogP contribution in [0.1, 0.15) is 17.5 Å². The molecule has 0 aliphatic heterocycles. The van der Waals surface area contributed by atoms with Gasteiger partial charge in [-0.3, -0.25) is 0 Å². The number of rotatable bonds is 6. The fourth-order valence-corrected chi connectivity index (χ4v) is 2.02. The molecule has 2 rings (SSSR count). The molecule has 0 saturated carbocycles. The van der Waals surface area contributed by atoms with E-state index in [0.717, 1.165) is 35.5 Å². The van der Waals surface area contributed by atoms with Crippen molar-refractivity contribution in [3.8, 4) is 11.5 Å². The van der Waals surface area contributed by atoms with Crippen LogP contribution in [0.2, 0.25) is 0 Å². The number of hydrogen-bond acceptors (Lipinski definition) is 2. The minimum absolute atomic E-state index is 0.196. The zero-order valence-corrected chi connectivity index (χ0v) is 11.9.